The summed E-state index contributed by atoms with van der Waals surface area (Å²) in [6.45, 7) is 5.40. The van der Waals surface area contributed by atoms with Crippen molar-refractivity contribution < 1.29 is 13.2 Å². The van der Waals surface area contributed by atoms with Crippen molar-refractivity contribution in [3.05, 3.63) is 70.2 Å². The van der Waals surface area contributed by atoms with E-state index in [1.807, 2.05) is 12.1 Å². The van der Waals surface area contributed by atoms with E-state index in [2.05, 4.69) is 30.9 Å². The second-order valence-corrected chi connectivity index (χ2v) is 8.84. The van der Waals surface area contributed by atoms with E-state index in [1.54, 1.807) is 12.1 Å². The zero-order valence-electron chi connectivity index (χ0n) is 17.1. The van der Waals surface area contributed by atoms with E-state index in [1.165, 1.54) is 17.7 Å². The first-order valence-electron chi connectivity index (χ1n) is 10.4. The third kappa shape index (κ3) is 5.76. The maximum absolute atomic E-state index is 13.0. The fourth-order valence-corrected chi connectivity index (χ4v) is 4.41. The predicted octanol–water partition coefficient (Wildman–Crippen LogP) is 8.06. The van der Waals surface area contributed by atoms with Crippen molar-refractivity contribution in [2.75, 3.05) is 6.54 Å². The summed E-state index contributed by atoms with van der Waals surface area (Å²) in [5, 5.41) is 0.717. The van der Waals surface area contributed by atoms with Gasteiger partial charge < -0.3 is 0 Å². The first-order valence-corrected chi connectivity index (χ1v) is 10.8. The first-order chi connectivity index (χ1) is 13.8. The largest absolute Gasteiger partial charge is 0.416 e. The van der Waals surface area contributed by atoms with Gasteiger partial charge in [-0.2, -0.15) is 13.2 Å². The van der Waals surface area contributed by atoms with Crippen LogP contribution < -0.4 is 0 Å². The van der Waals surface area contributed by atoms with Crippen molar-refractivity contribution in [3.63, 3.8) is 0 Å². The van der Waals surface area contributed by atoms with Gasteiger partial charge in [0, 0.05) is 17.1 Å². The Morgan fingerprint density at radius 2 is 1.62 bits per heavy atom. The Bertz CT molecular complexity index is 768. The van der Waals surface area contributed by atoms with E-state index < -0.39 is 11.7 Å². The minimum atomic E-state index is -4.30. The summed E-state index contributed by atoms with van der Waals surface area (Å²) >= 11 is 6.10. The molecule has 1 aliphatic rings. The van der Waals surface area contributed by atoms with Crippen molar-refractivity contribution in [2.24, 2.45) is 5.92 Å². The number of halogens is 4. The summed E-state index contributed by atoms with van der Waals surface area (Å²) in [4.78, 5) is 2.50. The molecule has 29 heavy (non-hydrogen) atoms. The van der Waals surface area contributed by atoms with Crippen LogP contribution in [0.4, 0.5) is 13.2 Å². The minimum absolute atomic E-state index is 0.138. The van der Waals surface area contributed by atoms with Gasteiger partial charge in [-0.25, -0.2) is 0 Å². The molecular weight excluding hydrogens is 395 g/mol. The molecule has 0 bridgehead atoms. The number of likely N-dealkylation sites (tertiary alicyclic amines) is 1. The summed E-state index contributed by atoms with van der Waals surface area (Å²) in [6.07, 6.45) is 1.01. The third-order valence-electron chi connectivity index (χ3n) is 5.84. The Morgan fingerprint density at radius 1 is 0.966 bits per heavy atom. The van der Waals surface area contributed by atoms with Gasteiger partial charge in [0.1, 0.15) is 0 Å². The van der Waals surface area contributed by atoms with E-state index in [9.17, 15) is 13.2 Å². The maximum atomic E-state index is 13.0. The minimum Gasteiger partial charge on any atom is -0.289 e. The Hall–Kier alpha value is -1.52. The second kappa shape index (κ2) is 9.53. The van der Waals surface area contributed by atoms with E-state index in [4.69, 9.17) is 11.6 Å². The molecular formula is C24H29ClF3N. The lowest BCUT2D eigenvalue weighted by Crippen LogP contribution is -2.37. The smallest absolute Gasteiger partial charge is 0.289 e. The highest BCUT2D eigenvalue weighted by molar-refractivity contribution is 6.30. The topological polar surface area (TPSA) is 3.24 Å². The standard InChI is InChI=1S/C24H29ClF3N/c1-17(2)6-15-23(19-9-13-21(25)14-10-19)29-16-4-3-5-22(29)18-7-11-20(12-8-18)24(26,27)28/h7-14,17,22-23H,3-6,15-16H2,1-2H3/t22?,23-/m1/s1. The molecule has 2 atom stereocenters. The fourth-order valence-electron chi connectivity index (χ4n) is 4.28. The van der Waals surface area contributed by atoms with E-state index in [-0.39, 0.29) is 12.1 Å². The Morgan fingerprint density at radius 3 is 2.21 bits per heavy atom. The summed E-state index contributed by atoms with van der Waals surface area (Å²) in [7, 11) is 0. The lowest BCUT2D eigenvalue weighted by atomic mass is 9.88. The Balaban J connectivity index is 1.90. The number of rotatable bonds is 6. The van der Waals surface area contributed by atoms with Gasteiger partial charge in [-0.15, -0.1) is 0 Å². The van der Waals surface area contributed by atoms with Gasteiger partial charge in [-0.1, -0.05) is 56.1 Å². The van der Waals surface area contributed by atoms with E-state index in [0.29, 0.717) is 10.9 Å². The van der Waals surface area contributed by atoms with E-state index >= 15 is 0 Å². The average Bonchev–Trinajstić information content (AvgIpc) is 2.69. The number of alkyl halides is 3. The fraction of sp³-hybridized carbons (Fsp3) is 0.500. The molecule has 1 saturated heterocycles. The number of hydrogen-bond donors (Lipinski definition) is 0. The van der Waals surface area contributed by atoms with Gasteiger partial charge in [0.25, 0.3) is 0 Å². The molecule has 0 radical (unpaired) electrons. The van der Waals surface area contributed by atoms with Crippen LogP contribution in [0.1, 0.15) is 74.7 Å². The lowest BCUT2D eigenvalue weighted by Gasteiger charge is -2.42. The molecule has 0 aliphatic carbocycles. The second-order valence-electron chi connectivity index (χ2n) is 8.41. The van der Waals surface area contributed by atoms with Crippen LogP contribution in [-0.2, 0) is 6.18 Å². The van der Waals surface area contributed by atoms with Crippen molar-refractivity contribution in [3.8, 4) is 0 Å². The van der Waals surface area contributed by atoms with Crippen LogP contribution in [0, 0.1) is 5.92 Å². The van der Waals surface area contributed by atoms with Gasteiger partial charge in [-0.3, -0.25) is 4.90 Å². The van der Waals surface area contributed by atoms with Crippen LogP contribution in [-0.4, -0.2) is 11.4 Å². The van der Waals surface area contributed by atoms with Crippen LogP contribution in [0.2, 0.25) is 5.02 Å². The molecule has 158 valence electrons. The SMILES string of the molecule is CC(C)CC[C@H](c1ccc(Cl)cc1)N1CCCCC1c1ccc(C(F)(F)F)cc1. The molecule has 0 spiro atoms. The molecule has 2 aromatic rings. The van der Waals surface area contributed by atoms with Crippen molar-refractivity contribution in [1.82, 2.24) is 4.90 Å². The third-order valence-corrected chi connectivity index (χ3v) is 6.09. The maximum Gasteiger partial charge on any atom is 0.416 e. The van der Waals surface area contributed by atoms with Crippen molar-refractivity contribution >= 4 is 11.6 Å². The molecule has 0 amide bonds. The number of hydrogen-bond acceptors (Lipinski definition) is 1. The van der Waals surface area contributed by atoms with Crippen LogP contribution in [0.25, 0.3) is 0 Å². The van der Waals surface area contributed by atoms with Crippen molar-refractivity contribution in [1.29, 1.82) is 0 Å². The molecule has 0 N–H and O–H groups in total. The molecule has 5 heteroatoms. The van der Waals surface area contributed by atoms with E-state index in [0.717, 1.165) is 44.2 Å². The van der Waals surface area contributed by atoms with Crippen LogP contribution in [0.5, 0.6) is 0 Å². The highest BCUT2D eigenvalue weighted by Gasteiger charge is 2.33. The summed E-state index contributed by atoms with van der Waals surface area (Å²) < 4.78 is 38.9. The van der Waals surface area contributed by atoms with Gasteiger partial charge in [0.2, 0.25) is 0 Å². The Labute approximate surface area is 176 Å². The van der Waals surface area contributed by atoms with Crippen molar-refractivity contribution in [2.45, 2.75) is 64.2 Å². The summed E-state index contributed by atoms with van der Waals surface area (Å²) in [5.41, 5.74) is 1.62. The van der Waals surface area contributed by atoms with Gasteiger partial charge >= 0.3 is 6.18 Å². The number of piperidine rings is 1. The monoisotopic (exact) mass is 423 g/mol. The molecule has 1 unspecified atom stereocenters. The normalized spacial score (nSPS) is 19.5. The van der Waals surface area contributed by atoms with Gasteiger partial charge in [0.15, 0.2) is 0 Å². The summed E-state index contributed by atoms with van der Waals surface area (Å²) in [6, 6.07) is 14.2. The lowest BCUT2D eigenvalue weighted by molar-refractivity contribution is -0.137. The van der Waals surface area contributed by atoms with Gasteiger partial charge in [0.05, 0.1) is 5.56 Å². The molecule has 1 heterocycles. The molecule has 0 aromatic heterocycles. The highest BCUT2D eigenvalue weighted by atomic mass is 35.5. The molecule has 2 aromatic carbocycles. The number of nitrogens with zero attached hydrogens (tertiary/aromatic N) is 1. The summed E-state index contributed by atoms with van der Waals surface area (Å²) in [5.74, 6) is 0.596. The number of benzene rings is 2. The Kier molecular flexibility index (Phi) is 7.28. The molecule has 1 fully saturated rings. The molecule has 1 nitrogen and oxygen atoms in total. The molecule has 1 aliphatic heterocycles. The molecule has 3 rings (SSSR count). The predicted molar refractivity (Wildman–Crippen MR) is 113 cm³/mol. The zero-order chi connectivity index (χ0) is 21.0. The average molecular weight is 424 g/mol. The van der Waals surface area contributed by atoms with Crippen LogP contribution in [0.15, 0.2) is 48.5 Å². The first kappa shape index (κ1) is 22.2. The molecule has 0 saturated carbocycles. The van der Waals surface area contributed by atoms with Gasteiger partial charge in [-0.05, 0) is 73.5 Å². The highest BCUT2D eigenvalue weighted by Crippen LogP contribution is 2.41. The zero-order valence-corrected chi connectivity index (χ0v) is 17.8. The van der Waals surface area contributed by atoms with Crippen LogP contribution in [0.3, 0.4) is 0 Å². The van der Waals surface area contributed by atoms with Crippen LogP contribution >= 0.6 is 11.6 Å². The quantitative estimate of drug-likeness (QED) is 0.454.